The number of sulfone groups is 1. The summed E-state index contributed by atoms with van der Waals surface area (Å²) in [7, 11) is -3.10. The average molecular weight is 342 g/mol. The molecule has 1 saturated heterocycles. The van der Waals surface area contributed by atoms with E-state index in [1.807, 2.05) is 11.8 Å². The molecule has 0 aliphatic carbocycles. The van der Waals surface area contributed by atoms with E-state index in [-0.39, 0.29) is 17.0 Å². The minimum absolute atomic E-state index is 0.0300. The van der Waals surface area contributed by atoms with Gasteiger partial charge in [0.05, 0.1) is 11.0 Å². The summed E-state index contributed by atoms with van der Waals surface area (Å²) in [5.41, 5.74) is 1.43. The summed E-state index contributed by atoms with van der Waals surface area (Å²) in [5, 5.41) is 2.47. The Hall–Kier alpha value is -1.21. The third-order valence-corrected chi connectivity index (χ3v) is 6.70. The molecule has 0 atom stereocenters. The molecule has 0 unspecified atom stereocenters. The summed E-state index contributed by atoms with van der Waals surface area (Å²) in [6, 6.07) is 6.91. The number of urea groups is 1. The Labute approximate surface area is 136 Å². The smallest absolute Gasteiger partial charge is 0.321 e. The highest BCUT2D eigenvalue weighted by molar-refractivity contribution is 7.99. The molecule has 5 nitrogen and oxygen atoms in total. The minimum atomic E-state index is -3.10. The van der Waals surface area contributed by atoms with E-state index in [0.717, 1.165) is 30.2 Å². The summed E-state index contributed by atoms with van der Waals surface area (Å²) in [5.74, 6) is 1.97. The first-order valence-electron chi connectivity index (χ1n) is 7.32. The zero-order valence-corrected chi connectivity index (χ0v) is 14.5. The van der Waals surface area contributed by atoms with Crippen LogP contribution in [0.1, 0.15) is 19.4 Å². The Bertz CT molecular complexity index is 606. The predicted octanol–water partition coefficient (Wildman–Crippen LogP) is 2.59. The lowest BCUT2D eigenvalue weighted by atomic mass is 10.2. The molecule has 1 N–H and O–H groups in total. The molecule has 1 aromatic rings. The quantitative estimate of drug-likeness (QED) is 0.913. The molecule has 2 rings (SSSR count). The SMILES string of the molecule is CC(C)S(=O)(=O)Cc1ccc(NC(=O)N2CCSCC2)cc1. The lowest BCUT2D eigenvalue weighted by Gasteiger charge is -2.26. The first kappa shape index (κ1) is 17.1. The Balaban J connectivity index is 1.95. The first-order chi connectivity index (χ1) is 10.4. The maximum atomic E-state index is 12.1. The third kappa shape index (κ3) is 4.64. The molecule has 1 fully saturated rings. The van der Waals surface area contributed by atoms with Gasteiger partial charge in [0.1, 0.15) is 0 Å². The fourth-order valence-electron chi connectivity index (χ4n) is 2.05. The van der Waals surface area contributed by atoms with Crippen LogP contribution in [0.5, 0.6) is 0 Å². The van der Waals surface area contributed by atoms with Crippen LogP contribution in [0.15, 0.2) is 24.3 Å². The average Bonchev–Trinajstić information content (AvgIpc) is 2.49. The number of hydrogen-bond donors (Lipinski definition) is 1. The molecule has 0 saturated carbocycles. The van der Waals surface area contributed by atoms with E-state index in [4.69, 9.17) is 0 Å². The number of hydrogen-bond acceptors (Lipinski definition) is 4. The molecule has 7 heteroatoms. The Kier molecular flexibility index (Phi) is 5.74. The largest absolute Gasteiger partial charge is 0.323 e. The van der Waals surface area contributed by atoms with Gasteiger partial charge in [0.15, 0.2) is 9.84 Å². The van der Waals surface area contributed by atoms with Crippen LogP contribution in [-0.4, -0.2) is 49.2 Å². The molecule has 22 heavy (non-hydrogen) atoms. The molecule has 0 aromatic heterocycles. The number of carbonyl (C=O) groups is 1. The van der Waals surface area contributed by atoms with Gasteiger partial charge in [0, 0.05) is 30.3 Å². The molecular formula is C15H22N2O3S2. The van der Waals surface area contributed by atoms with E-state index in [2.05, 4.69) is 5.32 Å². The van der Waals surface area contributed by atoms with Gasteiger partial charge >= 0.3 is 6.03 Å². The lowest BCUT2D eigenvalue weighted by molar-refractivity contribution is 0.217. The maximum Gasteiger partial charge on any atom is 0.321 e. The molecule has 1 heterocycles. The van der Waals surface area contributed by atoms with Crippen molar-refractivity contribution >= 4 is 33.3 Å². The summed E-state index contributed by atoms with van der Waals surface area (Å²) < 4.78 is 23.8. The van der Waals surface area contributed by atoms with Crippen molar-refractivity contribution in [1.29, 1.82) is 0 Å². The number of rotatable bonds is 4. The minimum Gasteiger partial charge on any atom is -0.323 e. The van der Waals surface area contributed by atoms with Gasteiger partial charge in [-0.25, -0.2) is 13.2 Å². The number of carbonyl (C=O) groups excluding carboxylic acids is 1. The predicted molar refractivity (Wildman–Crippen MR) is 92.1 cm³/mol. The van der Waals surface area contributed by atoms with E-state index < -0.39 is 9.84 Å². The van der Waals surface area contributed by atoms with Gasteiger partial charge in [-0.15, -0.1) is 0 Å². The standard InChI is InChI=1S/C15H22N2O3S2/c1-12(2)22(19,20)11-13-3-5-14(6-4-13)16-15(18)17-7-9-21-10-8-17/h3-6,12H,7-11H2,1-2H3,(H,16,18). The highest BCUT2D eigenvalue weighted by atomic mass is 32.2. The van der Waals surface area contributed by atoms with Gasteiger partial charge in [-0.1, -0.05) is 12.1 Å². The number of benzene rings is 1. The number of nitrogens with zero attached hydrogens (tertiary/aromatic N) is 1. The second-order valence-corrected chi connectivity index (χ2v) is 9.36. The van der Waals surface area contributed by atoms with Crippen LogP contribution in [0, 0.1) is 0 Å². The Morgan fingerprint density at radius 3 is 2.36 bits per heavy atom. The molecule has 2 amide bonds. The van der Waals surface area contributed by atoms with Crippen molar-refractivity contribution in [3.63, 3.8) is 0 Å². The van der Waals surface area contributed by atoms with E-state index in [0.29, 0.717) is 5.69 Å². The number of amides is 2. The van der Waals surface area contributed by atoms with Crippen molar-refractivity contribution in [2.24, 2.45) is 0 Å². The van der Waals surface area contributed by atoms with Gasteiger partial charge < -0.3 is 10.2 Å². The van der Waals surface area contributed by atoms with E-state index >= 15 is 0 Å². The van der Waals surface area contributed by atoms with Crippen LogP contribution in [0.25, 0.3) is 0 Å². The number of anilines is 1. The molecular weight excluding hydrogens is 320 g/mol. The van der Waals surface area contributed by atoms with E-state index in [1.165, 1.54) is 0 Å². The normalized spacial score (nSPS) is 15.9. The van der Waals surface area contributed by atoms with Crippen molar-refractivity contribution in [3.05, 3.63) is 29.8 Å². The van der Waals surface area contributed by atoms with Crippen molar-refractivity contribution in [1.82, 2.24) is 4.90 Å². The van der Waals surface area contributed by atoms with Crippen LogP contribution in [0.3, 0.4) is 0 Å². The zero-order chi connectivity index (χ0) is 16.2. The van der Waals surface area contributed by atoms with Gasteiger partial charge in [-0.2, -0.15) is 11.8 Å². The monoisotopic (exact) mass is 342 g/mol. The number of thioether (sulfide) groups is 1. The summed E-state index contributed by atoms with van der Waals surface area (Å²) in [6.07, 6.45) is 0. The van der Waals surface area contributed by atoms with Gasteiger partial charge in [0.2, 0.25) is 0 Å². The Morgan fingerprint density at radius 1 is 1.23 bits per heavy atom. The topological polar surface area (TPSA) is 66.5 Å². The van der Waals surface area contributed by atoms with Crippen LogP contribution in [-0.2, 0) is 15.6 Å². The molecule has 1 aromatic carbocycles. The fourth-order valence-corrected chi connectivity index (χ4v) is 3.95. The van der Waals surface area contributed by atoms with Gasteiger partial charge in [-0.05, 0) is 31.5 Å². The fraction of sp³-hybridized carbons (Fsp3) is 0.533. The second-order valence-electron chi connectivity index (χ2n) is 5.58. The van der Waals surface area contributed by atoms with Crippen molar-refractivity contribution in [2.45, 2.75) is 24.9 Å². The van der Waals surface area contributed by atoms with Crippen LogP contribution in [0.2, 0.25) is 0 Å². The van der Waals surface area contributed by atoms with Crippen LogP contribution >= 0.6 is 11.8 Å². The van der Waals surface area contributed by atoms with E-state index in [1.54, 1.807) is 43.0 Å². The maximum absolute atomic E-state index is 12.1. The molecule has 0 spiro atoms. The van der Waals surface area contributed by atoms with Crippen LogP contribution in [0.4, 0.5) is 10.5 Å². The molecule has 122 valence electrons. The van der Waals surface area contributed by atoms with Gasteiger partial charge in [-0.3, -0.25) is 0 Å². The highest BCUT2D eigenvalue weighted by Crippen LogP contribution is 2.16. The summed E-state index contributed by atoms with van der Waals surface area (Å²) in [6.45, 7) is 4.89. The van der Waals surface area contributed by atoms with Crippen molar-refractivity contribution < 1.29 is 13.2 Å². The molecule has 1 aliphatic heterocycles. The third-order valence-electron chi connectivity index (χ3n) is 3.59. The van der Waals surface area contributed by atoms with Crippen molar-refractivity contribution in [3.8, 4) is 0 Å². The summed E-state index contributed by atoms with van der Waals surface area (Å²) >= 11 is 1.85. The Morgan fingerprint density at radius 2 is 1.82 bits per heavy atom. The molecule has 1 aliphatic rings. The zero-order valence-electron chi connectivity index (χ0n) is 12.9. The summed E-state index contributed by atoms with van der Waals surface area (Å²) in [4.78, 5) is 13.9. The molecule has 0 radical (unpaired) electrons. The van der Waals surface area contributed by atoms with E-state index in [9.17, 15) is 13.2 Å². The number of nitrogens with one attached hydrogen (secondary N) is 1. The first-order valence-corrected chi connectivity index (χ1v) is 10.2. The van der Waals surface area contributed by atoms with Crippen LogP contribution < -0.4 is 5.32 Å². The lowest BCUT2D eigenvalue weighted by Crippen LogP contribution is -2.40. The highest BCUT2D eigenvalue weighted by Gasteiger charge is 2.18. The second kappa shape index (κ2) is 7.37. The molecule has 0 bridgehead atoms. The van der Waals surface area contributed by atoms with Crippen molar-refractivity contribution in [2.75, 3.05) is 29.9 Å². The van der Waals surface area contributed by atoms with Gasteiger partial charge in [0.25, 0.3) is 0 Å².